The van der Waals surface area contributed by atoms with E-state index in [1.165, 1.54) is 29.4 Å². The van der Waals surface area contributed by atoms with Gasteiger partial charge in [0.1, 0.15) is 12.1 Å². The molecule has 1 aliphatic rings. The highest BCUT2D eigenvalue weighted by Crippen LogP contribution is 2.31. The molecule has 1 saturated heterocycles. The molecule has 0 aliphatic carbocycles. The molecule has 1 aliphatic heterocycles. The second-order valence-electron chi connectivity index (χ2n) is 9.28. The largest absolute Gasteiger partial charge is 0.416 e. The molecule has 0 radical (unpaired) electrons. The van der Waals surface area contributed by atoms with Crippen LogP contribution in [-0.2, 0) is 25.8 Å². The number of fused-ring (bicyclic) bond motifs is 1. The van der Waals surface area contributed by atoms with E-state index in [0.29, 0.717) is 24.1 Å². The van der Waals surface area contributed by atoms with Crippen molar-refractivity contribution < 1.29 is 31.2 Å². The third-order valence-corrected chi connectivity index (χ3v) is 7.81. The summed E-state index contributed by atoms with van der Waals surface area (Å²) in [5.41, 5.74) is -0.488. The molecule has 16 heteroatoms. The molecule has 3 heterocycles. The van der Waals surface area contributed by atoms with Gasteiger partial charge in [-0.2, -0.15) is 17.7 Å². The molecule has 2 N–H and O–H groups in total. The molecular formula is C25H23F3N8O4S. The molecule has 1 fully saturated rings. The number of sulfonamides is 1. The monoisotopic (exact) mass is 588 g/mol. The molecule has 0 saturated carbocycles. The first kappa shape index (κ1) is 27.8. The highest BCUT2D eigenvalue weighted by molar-refractivity contribution is 7.92. The van der Waals surface area contributed by atoms with E-state index in [2.05, 4.69) is 25.3 Å². The van der Waals surface area contributed by atoms with Crippen LogP contribution in [0.15, 0.2) is 71.9 Å². The van der Waals surface area contributed by atoms with Gasteiger partial charge in [0.15, 0.2) is 5.65 Å². The number of alkyl halides is 3. The molecule has 2 aromatic carbocycles. The number of rotatable bonds is 5. The Morgan fingerprint density at radius 1 is 1.00 bits per heavy atom. The van der Waals surface area contributed by atoms with Gasteiger partial charge in [-0.1, -0.05) is 6.07 Å². The quantitative estimate of drug-likeness (QED) is 0.339. The molecule has 0 bridgehead atoms. The Balaban J connectivity index is 1.19. The summed E-state index contributed by atoms with van der Waals surface area (Å²) in [5.74, 6) is -0.965. The second kappa shape index (κ2) is 10.7. The third kappa shape index (κ3) is 6.06. The van der Waals surface area contributed by atoms with Crippen LogP contribution < -0.4 is 14.9 Å². The Kier molecular flexibility index (Phi) is 7.25. The number of piperazine rings is 1. The molecule has 12 nitrogen and oxygen atoms in total. The topological polar surface area (TPSA) is 142 Å². The fourth-order valence-electron chi connectivity index (χ4n) is 4.37. The summed E-state index contributed by atoms with van der Waals surface area (Å²) in [4.78, 5) is 28.7. The van der Waals surface area contributed by atoms with Crippen molar-refractivity contribution in [3.05, 3.63) is 72.6 Å². The number of hydrogen-bond donors (Lipinski definition) is 2. The molecular weight excluding hydrogens is 565 g/mol. The lowest BCUT2D eigenvalue weighted by atomic mass is 10.2. The fourth-order valence-corrected chi connectivity index (χ4v) is 5.42. The van der Waals surface area contributed by atoms with E-state index in [1.54, 1.807) is 10.6 Å². The second-order valence-corrected chi connectivity index (χ2v) is 11.0. The number of hydrogen-bond acceptors (Lipinski definition) is 8. The zero-order valence-electron chi connectivity index (χ0n) is 21.4. The first-order valence-corrected chi connectivity index (χ1v) is 13.7. The van der Waals surface area contributed by atoms with Gasteiger partial charge in [0.25, 0.3) is 10.0 Å². The first-order chi connectivity index (χ1) is 19.4. The average molecular weight is 589 g/mol. The number of halogens is 3. The van der Waals surface area contributed by atoms with Gasteiger partial charge in [-0.15, -0.1) is 15.3 Å². The van der Waals surface area contributed by atoms with E-state index in [4.69, 9.17) is 0 Å². The maximum absolute atomic E-state index is 12.9. The SMILES string of the molecule is CC1CN(C(=O)C(=O)Nc2ccc(S(=O)(=O)Nc3cccc(C(F)(F)F)c3)cc2)CCN1c1ccc2nncn2n1. The summed E-state index contributed by atoms with van der Waals surface area (Å²) in [6, 6.07) is 12.1. The van der Waals surface area contributed by atoms with Crippen molar-refractivity contribution in [1.82, 2.24) is 24.7 Å². The van der Waals surface area contributed by atoms with E-state index in [9.17, 15) is 31.2 Å². The van der Waals surface area contributed by atoms with Crippen molar-refractivity contribution in [2.75, 3.05) is 34.6 Å². The number of benzene rings is 2. The molecule has 1 unspecified atom stereocenters. The standard InChI is InChI=1S/C25H23F3N8O4S/c1-16-14-34(11-12-35(16)22-10-9-21-31-29-15-36(21)32-22)24(38)23(37)30-18-5-7-20(8-6-18)41(39,40)33-19-4-2-3-17(13-19)25(26,27)28/h2-10,13,15-16,33H,11-12,14H2,1H3,(H,30,37). The number of aromatic nitrogens is 4. The minimum atomic E-state index is -4.63. The molecule has 4 aromatic rings. The molecule has 5 rings (SSSR count). The Hall–Kier alpha value is -4.73. The number of carbonyl (C=O) groups excluding carboxylic acids is 2. The molecule has 1 atom stereocenters. The van der Waals surface area contributed by atoms with E-state index in [-0.39, 0.29) is 35.4 Å². The van der Waals surface area contributed by atoms with Crippen LogP contribution in [0.1, 0.15) is 12.5 Å². The van der Waals surface area contributed by atoms with Crippen molar-refractivity contribution in [3.63, 3.8) is 0 Å². The maximum Gasteiger partial charge on any atom is 0.416 e. The zero-order valence-corrected chi connectivity index (χ0v) is 22.2. The summed E-state index contributed by atoms with van der Waals surface area (Å²) < 4.78 is 67.8. The van der Waals surface area contributed by atoms with Crippen LogP contribution in [0.2, 0.25) is 0 Å². The van der Waals surface area contributed by atoms with Gasteiger partial charge in [0.2, 0.25) is 0 Å². The Morgan fingerprint density at radius 2 is 1.76 bits per heavy atom. The van der Waals surface area contributed by atoms with Gasteiger partial charge in [-0.25, -0.2) is 8.42 Å². The summed E-state index contributed by atoms with van der Waals surface area (Å²) >= 11 is 0. The Morgan fingerprint density at radius 3 is 2.46 bits per heavy atom. The number of amides is 2. The van der Waals surface area contributed by atoms with Crippen LogP contribution in [0.3, 0.4) is 0 Å². The summed E-state index contributed by atoms with van der Waals surface area (Å²) in [7, 11) is -4.22. The van der Waals surface area contributed by atoms with Gasteiger partial charge in [-0.05, 0) is 61.5 Å². The van der Waals surface area contributed by atoms with E-state index in [0.717, 1.165) is 24.3 Å². The van der Waals surface area contributed by atoms with Crippen LogP contribution in [0.4, 0.5) is 30.4 Å². The van der Waals surface area contributed by atoms with Crippen LogP contribution >= 0.6 is 0 Å². The highest BCUT2D eigenvalue weighted by atomic mass is 32.2. The van der Waals surface area contributed by atoms with E-state index in [1.807, 2.05) is 17.9 Å². The van der Waals surface area contributed by atoms with Crippen LogP contribution in [0.25, 0.3) is 5.65 Å². The van der Waals surface area contributed by atoms with Gasteiger partial charge >= 0.3 is 18.0 Å². The Bertz CT molecular complexity index is 1710. The lowest BCUT2D eigenvalue weighted by Gasteiger charge is -2.40. The van der Waals surface area contributed by atoms with Crippen molar-refractivity contribution in [1.29, 1.82) is 0 Å². The van der Waals surface area contributed by atoms with Crippen molar-refractivity contribution in [2.45, 2.75) is 24.0 Å². The van der Waals surface area contributed by atoms with E-state index >= 15 is 0 Å². The molecule has 0 spiro atoms. The summed E-state index contributed by atoms with van der Waals surface area (Å²) in [5, 5.41) is 14.7. The van der Waals surface area contributed by atoms with E-state index < -0.39 is 33.6 Å². The summed E-state index contributed by atoms with van der Waals surface area (Å²) in [6.07, 6.45) is -3.14. The first-order valence-electron chi connectivity index (χ1n) is 12.2. The molecule has 2 amide bonds. The Labute approximate surface area is 231 Å². The zero-order chi connectivity index (χ0) is 29.4. The molecule has 41 heavy (non-hydrogen) atoms. The fraction of sp³-hybridized carbons (Fsp3) is 0.240. The molecule has 2 aromatic heterocycles. The average Bonchev–Trinajstić information content (AvgIpc) is 3.40. The number of nitrogens with one attached hydrogen (secondary N) is 2. The van der Waals surface area contributed by atoms with Crippen LogP contribution in [-0.4, -0.2) is 70.6 Å². The van der Waals surface area contributed by atoms with Crippen molar-refractivity contribution >= 4 is 44.7 Å². The van der Waals surface area contributed by atoms with Crippen LogP contribution in [0, 0.1) is 0 Å². The third-order valence-electron chi connectivity index (χ3n) is 6.42. The lowest BCUT2D eigenvalue weighted by molar-refractivity contribution is -0.143. The summed E-state index contributed by atoms with van der Waals surface area (Å²) in [6.45, 7) is 2.89. The minimum Gasteiger partial charge on any atom is -0.349 e. The predicted octanol–water partition coefficient (Wildman–Crippen LogP) is 2.62. The van der Waals surface area contributed by atoms with Gasteiger partial charge in [0.05, 0.1) is 10.5 Å². The lowest BCUT2D eigenvalue weighted by Crippen LogP contribution is -2.56. The van der Waals surface area contributed by atoms with Crippen molar-refractivity contribution in [2.24, 2.45) is 0 Å². The minimum absolute atomic E-state index is 0.143. The van der Waals surface area contributed by atoms with Gasteiger partial charge in [0, 0.05) is 37.1 Å². The van der Waals surface area contributed by atoms with Gasteiger partial charge in [-0.3, -0.25) is 14.3 Å². The smallest absolute Gasteiger partial charge is 0.349 e. The highest BCUT2D eigenvalue weighted by Gasteiger charge is 2.32. The normalized spacial score (nSPS) is 16.0. The van der Waals surface area contributed by atoms with Crippen LogP contribution in [0.5, 0.6) is 0 Å². The number of anilines is 3. The number of nitrogens with zero attached hydrogens (tertiary/aromatic N) is 6. The maximum atomic E-state index is 12.9. The van der Waals surface area contributed by atoms with Gasteiger partial charge < -0.3 is 15.1 Å². The van der Waals surface area contributed by atoms with Crippen molar-refractivity contribution in [3.8, 4) is 0 Å². The predicted molar refractivity (Wildman–Crippen MR) is 141 cm³/mol. The number of carbonyl (C=O) groups is 2. The molecule has 214 valence electrons.